The van der Waals surface area contributed by atoms with Crippen LogP contribution in [-0.2, 0) is 7.05 Å². The Labute approximate surface area is 138 Å². The molecule has 1 aromatic carbocycles. The molecule has 0 saturated carbocycles. The van der Waals surface area contributed by atoms with Crippen LogP contribution in [0, 0.1) is 5.82 Å². The van der Waals surface area contributed by atoms with Crippen LogP contribution < -0.4 is 5.32 Å². The van der Waals surface area contributed by atoms with Crippen LogP contribution in [0.1, 0.15) is 0 Å². The molecule has 3 heterocycles. The molecule has 0 aliphatic carbocycles. The first-order chi connectivity index (χ1) is 11.7. The van der Waals surface area contributed by atoms with E-state index in [0.29, 0.717) is 11.5 Å². The molecule has 0 radical (unpaired) electrons. The third-order valence-electron chi connectivity index (χ3n) is 3.98. The SMILES string of the molecule is Cn1c(-c2cccnc2)cc2cnc(Nc3cccc(F)c3)cc21. The molecule has 3 aromatic heterocycles. The van der Waals surface area contributed by atoms with Crippen LogP contribution in [0.4, 0.5) is 15.9 Å². The highest BCUT2D eigenvalue weighted by Gasteiger charge is 2.09. The molecule has 0 amide bonds. The number of hydrogen-bond acceptors (Lipinski definition) is 3. The molecule has 0 saturated heterocycles. The maximum absolute atomic E-state index is 13.3. The number of rotatable bonds is 3. The Morgan fingerprint density at radius 2 is 1.96 bits per heavy atom. The molecule has 118 valence electrons. The van der Waals surface area contributed by atoms with Gasteiger partial charge in [0.1, 0.15) is 11.6 Å². The summed E-state index contributed by atoms with van der Waals surface area (Å²) in [5.74, 6) is 0.394. The van der Waals surface area contributed by atoms with E-state index < -0.39 is 0 Å². The summed E-state index contributed by atoms with van der Waals surface area (Å²) in [4.78, 5) is 8.59. The number of nitrogens with one attached hydrogen (secondary N) is 1. The standard InChI is InChI=1S/C19H15FN4/c1-24-17(13-4-3-7-21-11-13)8-14-12-22-19(10-18(14)24)23-16-6-2-5-15(20)9-16/h2-12H,1H3,(H,22,23). The average molecular weight is 318 g/mol. The molecule has 1 N–H and O–H groups in total. The molecule has 0 atom stereocenters. The minimum atomic E-state index is -0.279. The lowest BCUT2D eigenvalue weighted by Gasteiger charge is -2.07. The van der Waals surface area contributed by atoms with Gasteiger partial charge in [-0.15, -0.1) is 0 Å². The molecular formula is C19H15FN4. The Hall–Kier alpha value is -3.21. The highest BCUT2D eigenvalue weighted by atomic mass is 19.1. The number of benzene rings is 1. The molecule has 0 spiro atoms. The van der Waals surface area contributed by atoms with Gasteiger partial charge in [-0.05, 0) is 36.4 Å². The lowest BCUT2D eigenvalue weighted by Crippen LogP contribution is -1.95. The molecule has 0 unspecified atom stereocenters. The van der Waals surface area contributed by atoms with Gasteiger partial charge in [-0.3, -0.25) is 4.98 Å². The van der Waals surface area contributed by atoms with Crippen LogP contribution in [0.25, 0.3) is 22.2 Å². The van der Waals surface area contributed by atoms with Crippen molar-refractivity contribution in [3.8, 4) is 11.3 Å². The summed E-state index contributed by atoms with van der Waals surface area (Å²) in [6.45, 7) is 0. The van der Waals surface area contributed by atoms with Gasteiger partial charge in [0.05, 0.1) is 11.2 Å². The number of aryl methyl sites for hydroxylation is 1. The molecule has 4 nitrogen and oxygen atoms in total. The lowest BCUT2D eigenvalue weighted by atomic mass is 10.2. The van der Waals surface area contributed by atoms with E-state index in [2.05, 4.69) is 25.9 Å². The normalized spacial score (nSPS) is 10.9. The van der Waals surface area contributed by atoms with Crippen LogP contribution in [0.2, 0.25) is 0 Å². The molecule has 24 heavy (non-hydrogen) atoms. The topological polar surface area (TPSA) is 42.7 Å². The first-order valence-electron chi connectivity index (χ1n) is 7.59. The predicted octanol–water partition coefficient (Wildman–Crippen LogP) is 4.52. The summed E-state index contributed by atoms with van der Waals surface area (Å²) >= 11 is 0. The van der Waals surface area contributed by atoms with E-state index in [1.54, 1.807) is 18.3 Å². The first-order valence-corrected chi connectivity index (χ1v) is 7.59. The number of aromatic nitrogens is 3. The van der Waals surface area contributed by atoms with E-state index in [1.807, 2.05) is 37.6 Å². The minimum absolute atomic E-state index is 0.279. The maximum atomic E-state index is 13.3. The number of fused-ring (bicyclic) bond motifs is 1. The number of anilines is 2. The van der Waals surface area contributed by atoms with E-state index >= 15 is 0 Å². The van der Waals surface area contributed by atoms with Crippen molar-refractivity contribution in [3.05, 3.63) is 72.9 Å². The van der Waals surface area contributed by atoms with Gasteiger partial charge in [0, 0.05) is 48.3 Å². The second-order valence-electron chi connectivity index (χ2n) is 5.59. The molecule has 0 bridgehead atoms. The molecule has 5 heteroatoms. The zero-order valence-electron chi connectivity index (χ0n) is 13.1. The van der Waals surface area contributed by atoms with Crippen molar-refractivity contribution in [2.24, 2.45) is 7.05 Å². The van der Waals surface area contributed by atoms with Crippen molar-refractivity contribution in [3.63, 3.8) is 0 Å². The van der Waals surface area contributed by atoms with E-state index in [-0.39, 0.29) is 5.82 Å². The third kappa shape index (κ3) is 2.60. The molecular weight excluding hydrogens is 303 g/mol. The fourth-order valence-corrected chi connectivity index (χ4v) is 2.80. The minimum Gasteiger partial charge on any atom is -0.343 e. The fraction of sp³-hybridized carbons (Fsp3) is 0.0526. The monoisotopic (exact) mass is 318 g/mol. The second-order valence-corrected chi connectivity index (χ2v) is 5.59. The van der Waals surface area contributed by atoms with Crippen LogP contribution in [0.15, 0.2) is 67.1 Å². The summed E-state index contributed by atoms with van der Waals surface area (Å²) in [6.07, 6.45) is 5.42. The summed E-state index contributed by atoms with van der Waals surface area (Å²) < 4.78 is 15.4. The fourth-order valence-electron chi connectivity index (χ4n) is 2.80. The highest BCUT2D eigenvalue weighted by Crippen LogP contribution is 2.28. The van der Waals surface area contributed by atoms with Crippen molar-refractivity contribution in [2.75, 3.05) is 5.32 Å². The maximum Gasteiger partial charge on any atom is 0.132 e. The Morgan fingerprint density at radius 1 is 1.04 bits per heavy atom. The van der Waals surface area contributed by atoms with E-state index in [0.717, 1.165) is 22.2 Å². The van der Waals surface area contributed by atoms with Crippen molar-refractivity contribution in [2.45, 2.75) is 0 Å². The van der Waals surface area contributed by atoms with E-state index in [1.165, 1.54) is 12.1 Å². The van der Waals surface area contributed by atoms with Gasteiger partial charge < -0.3 is 9.88 Å². The smallest absolute Gasteiger partial charge is 0.132 e. The van der Waals surface area contributed by atoms with Crippen molar-refractivity contribution in [1.82, 2.24) is 14.5 Å². The molecule has 4 aromatic rings. The number of pyridine rings is 2. The largest absolute Gasteiger partial charge is 0.343 e. The first kappa shape index (κ1) is 14.4. The Balaban J connectivity index is 1.74. The summed E-state index contributed by atoms with van der Waals surface area (Å²) in [5.41, 5.74) is 3.84. The average Bonchev–Trinajstić information content (AvgIpc) is 2.92. The second kappa shape index (κ2) is 5.77. The van der Waals surface area contributed by atoms with Gasteiger partial charge in [0.25, 0.3) is 0 Å². The van der Waals surface area contributed by atoms with Crippen LogP contribution in [0.5, 0.6) is 0 Å². The van der Waals surface area contributed by atoms with Crippen LogP contribution in [0.3, 0.4) is 0 Å². The van der Waals surface area contributed by atoms with E-state index in [4.69, 9.17) is 0 Å². The summed E-state index contributed by atoms with van der Waals surface area (Å²) in [5, 5.41) is 4.18. The number of hydrogen-bond donors (Lipinski definition) is 1. The van der Waals surface area contributed by atoms with Crippen LogP contribution in [-0.4, -0.2) is 14.5 Å². The van der Waals surface area contributed by atoms with Gasteiger partial charge in [0.2, 0.25) is 0 Å². The Kier molecular flexibility index (Phi) is 3.46. The van der Waals surface area contributed by atoms with Gasteiger partial charge in [-0.1, -0.05) is 6.07 Å². The van der Waals surface area contributed by atoms with Gasteiger partial charge >= 0.3 is 0 Å². The summed E-state index contributed by atoms with van der Waals surface area (Å²) in [7, 11) is 2.01. The summed E-state index contributed by atoms with van der Waals surface area (Å²) in [6, 6.07) is 14.3. The third-order valence-corrected chi connectivity index (χ3v) is 3.98. The highest BCUT2D eigenvalue weighted by molar-refractivity contribution is 5.88. The number of halogens is 1. The van der Waals surface area contributed by atoms with Gasteiger partial charge in [-0.2, -0.15) is 0 Å². The van der Waals surface area contributed by atoms with Gasteiger partial charge in [-0.25, -0.2) is 9.37 Å². The molecule has 0 fully saturated rings. The Morgan fingerprint density at radius 3 is 2.75 bits per heavy atom. The molecule has 0 aliphatic heterocycles. The zero-order valence-corrected chi connectivity index (χ0v) is 13.1. The van der Waals surface area contributed by atoms with Crippen molar-refractivity contribution in [1.29, 1.82) is 0 Å². The Bertz CT molecular complexity index is 1010. The van der Waals surface area contributed by atoms with E-state index in [9.17, 15) is 4.39 Å². The molecule has 4 rings (SSSR count). The molecule has 0 aliphatic rings. The van der Waals surface area contributed by atoms with Crippen molar-refractivity contribution >= 4 is 22.4 Å². The quantitative estimate of drug-likeness (QED) is 0.604. The zero-order chi connectivity index (χ0) is 16.5. The predicted molar refractivity (Wildman–Crippen MR) is 93.6 cm³/mol. The van der Waals surface area contributed by atoms with Crippen molar-refractivity contribution < 1.29 is 4.39 Å². The van der Waals surface area contributed by atoms with Gasteiger partial charge in [0.15, 0.2) is 0 Å². The lowest BCUT2D eigenvalue weighted by molar-refractivity contribution is 0.628. The number of nitrogens with zero attached hydrogens (tertiary/aromatic N) is 3. The van der Waals surface area contributed by atoms with Crippen LogP contribution >= 0.6 is 0 Å².